The number of benzene rings is 1. The molecule has 0 unspecified atom stereocenters. The Morgan fingerprint density at radius 2 is 1.39 bits per heavy atom. The zero-order valence-electron chi connectivity index (χ0n) is 23.2. The third kappa shape index (κ3) is 8.47. The number of hydrogen-bond acceptors (Lipinski definition) is 13. The molecule has 5 atom stereocenters. The molecule has 41 heavy (non-hydrogen) atoms. The van der Waals surface area contributed by atoms with Crippen LogP contribution >= 0.6 is 23.4 Å². The van der Waals surface area contributed by atoms with Crippen LogP contribution in [-0.4, -0.2) is 76.1 Å². The summed E-state index contributed by atoms with van der Waals surface area (Å²) in [5.74, 6) is -2.92. The first-order valence-electron chi connectivity index (χ1n) is 12.4. The van der Waals surface area contributed by atoms with E-state index in [4.69, 9.17) is 35.3 Å². The molecular formula is C27H29ClN2O10S. The van der Waals surface area contributed by atoms with Crippen LogP contribution in [0.3, 0.4) is 0 Å². The topological polar surface area (TPSA) is 157 Å². The molecule has 0 aliphatic carbocycles. The van der Waals surface area contributed by atoms with E-state index in [1.54, 1.807) is 31.2 Å². The molecule has 220 valence electrons. The van der Waals surface area contributed by atoms with Crippen molar-refractivity contribution in [1.29, 1.82) is 0 Å². The van der Waals surface area contributed by atoms with Gasteiger partial charge in [-0.15, -0.1) is 0 Å². The van der Waals surface area contributed by atoms with Crippen LogP contribution in [0.25, 0.3) is 11.4 Å². The highest BCUT2D eigenvalue weighted by Gasteiger charge is 2.52. The van der Waals surface area contributed by atoms with Crippen molar-refractivity contribution >= 4 is 53.0 Å². The Hall–Kier alpha value is -3.55. The van der Waals surface area contributed by atoms with E-state index >= 15 is 0 Å². The van der Waals surface area contributed by atoms with Crippen molar-refractivity contribution in [2.75, 3.05) is 6.61 Å². The molecule has 14 heteroatoms. The monoisotopic (exact) mass is 608 g/mol. The molecule has 0 amide bonds. The Morgan fingerprint density at radius 3 is 1.93 bits per heavy atom. The molecule has 0 bridgehead atoms. The maximum atomic E-state index is 12.7. The van der Waals surface area contributed by atoms with Gasteiger partial charge in [-0.1, -0.05) is 23.4 Å². The van der Waals surface area contributed by atoms with Gasteiger partial charge < -0.3 is 23.7 Å². The molecule has 1 fully saturated rings. The molecule has 3 rings (SSSR count). The Bertz CT molecular complexity index is 1340. The molecule has 2 aromatic rings. The van der Waals surface area contributed by atoms with Crippen molar-refractivity contribution in [3.05, 3.63) is 40.5 Å². The number of thioether (sulfide) groups is 1. The maximum Gasteiger partial charge on any atom is 0.303 e. The van der Waals surface area contributed by atoms with Gasteiger partial charge in [-0.05, 0) is 38.1 Å². The smallest absolute Gasteiger partial charge is 0.303 e. The number of nitrogens with zero attached hydrogens (tertiary/aromatic N) is 2. The fourth-order valence-corrected chi connectivity index (χ4v) is 5.60. The van der Waals surface area contributed by atoms with Crippen LogP contribution in [0.15, 0.2) is 29.3 Å². The average Bonchev–Trinajstić information content (AvgIpc) is 2.85. The number of aryl methyl sites for hydroxylation is 1. The first-order chi connectivity index (χ1) is 19.3. The lowest BCUT2D eigenvalue weighted by Crippen LogP contribution is -2.61. The molecule has 0 saturated carbocycles. The number of halogens is 1. The summed E-state index contributed by atoms with van der Waals surface area (Å²) in [5.41, 5.74) is 0.0308. The van der Waals surface area contributed by atoms with E-state index in [9.17, 15) is 24.0 Å². The van der Waals surface area contributed by atoms with Crippen molar-refractivity contribution in [3.63, 3.8) is 0 Å². The lowest BCUT2D eigenvalue weighted by molar-refractivity contribution is -0.237. The third-order valence-corrected chi connectivity index (χ3v) is 7.07. The van der Waals surface area contributed by atoms with Crippen LogP contribution < -0.4 is 0 Å². The second-order valence-corrected chi connectivity index (χ2v) is 10.6. The summed E-state index contributed by atoms with van der Waals surface area (Å²) < 4.78 is 27.7. The first kappa shape index (κ1) is 32.0. The minimum absolute atomic E-state index is 0.191. The number of Topliss-reactive ketones (excluding diaryl/α,β-unsaturated/α-hetero) is 1. The molecule has 1 aromatic heterocycles. The summed E-state index contributed by atoms with van der Waals surface area (Å²) in [5, 5.41) is 0.703. The second-order valence-electron chi connectivity index (χ2n) is 9.06. The van der Waals surface area contributed by atoms with E-state index in [1.165, 1.54) is 13.8 Å². The maximum absolute atomic E-state index is 12.7. The zero-order valence-corrected chi connectivity index (χ0v) is 24.7. The van der Waals surface area contributed by atoms with Gasteiger partial charge in [-0.2, -0.15) is 0 Å². The standard InChI is InChI=1S/C27H29ClN2O10S/c1-12-21(13(2)31)26(30-25(29-12)18-7-9-19(28)10-8-18)41-27-24(39-17(6)35)23(38-16(5)34)22(37-15(4)33)20(40-27)11-36-14(3)32/h7-10,20,22-24,27H,11H2,1-6H3/t20-,22-,23+,24-,27+/m1/s1. The zero-order chi connectivity index (χ0) is 30.4. The van der Waals surface area contributed by atoms with Gasteiger partial charge in [0, 0.05) is 38.3 Å². The molecule has 12 nitrogen and oxygen atoms in total. The summed E-state index contributed by atoms with van der Waals surface area (Å²) >= 11 is 6.94. The van der Waals surface area contributed by atoms with E-state index in [2.05, 4.69) is 9.97 Å². The third-order valence-electron chi connectivity index (χ3n) is 5.69. The van der Waals surface area contributed by atoms with E-state index in [0.29, 0.717) is 16.3 Å². The number of ether oxygens (including phenoxy) is 5. The molecular weight excluding hydrogens is 580 g/mol. The normalized spacial score (nSPS) is 21.9. The summed E-state index contributed by atoms with van der Waals surface area (Å²) in [6, 6.07) is 6.77. The number of carbonyl (C=O) groups is 5. The molecule has 0 N–H and O–H groups in total. The summed E-state index contributed by atoms with van der Waals surface area (Å²) in [4.78, 5) is 69.6. The summed E-state index contributed by atoms with van der Waals surface area (Å²) in [7, 11) is 0. The van der Waals surface area contributed by atoms with Crippen LogP contribution in [0.2, 0.25) is 5.02 Å². The SMILES string of the molecule is CC(=O)OC[C@H]1O[C@@H](Sc2nc(-c3ccc(Cl)cc3)nc(C)c2C(C)=O)[C@H](OC(C)=O)[C@@H](OC(C)=O)[C@@H]1OC(C)=O. The van der Waals surface area contributed by atoms with Gasteiger partial charge in [0.15, 0.2) is 35.4 Å². The Balaban J connectivity index is 2.14. The highest BCUT2D eigenvalue weighted by atomic mass is 35.5. The number of aromatic nitrogens is 2. The molecule has 2 heterocycles. The average molecular weight is 609 g/mol. The van der Waals surface area contributed by atoms with Gasteiger partial charge in [0.1, 0.15) is 17.7 Å². The van der Waals surface area contributed by atoms with Crippen LogP contribution in [0.5, 0.6) is 0 Å². The fraction of sp³-hybridized carbons (Fsp3) is 0.444. The van der Waals surface area contributed by atoms with Gasteiger partial charge in [-0.3, -0.25) is 24.0 Å². The van der Waals surface area contributed by atoms with Gasteiger partial charge >= 0.3 is 23.9 Å². The van der Waals surface area contributed by atoms with Gasteiger partial charge in [-0.25, -0.2) is 9.97 Å². The van der Waals surface area contributed by atoms with Crippen molar-refractivity contribution in [2.45, 2.75) is 76.4 Å². The van der Waals surface area contributed by atoms with Crippen molar-refractivity contribution in [2.24, 2.45) is 0 Å². The van der Waals surface area contributed by atoms with Crippen molar-refractivity contribution in [3.8, 4) is 11.4 Å². The number of ketones is 1. The van der Waals surface area contributed by atoms with E-state index in [-0.39, 0.29) is 28.8 Å². The van der Waals surface area contributed by atoms with E-state index < -0.39 is 53.7 Å². The van der Waals surface area contributed by atoms with Gasteiger partial charge in [0.05, 0.1) is 11.3 Å². The largest absolute Gasteiger partial charge is 0.463 e. The van der Waals surface area contributed by atoms with E-state index in [0.717, 1.165) is 32.5 Å². The highest BCUT2D eigenvalue weighted by molar-refractivity contribution is 7.99. The summed E-state index contributed by atoms with van der Waals surface area (Å²) in [6.45, 7) is 7.22. The molecule has 0 radical (unpaired) electrons. The fourth-order valence-electron chi connectivity index (χ4n) is 4.16. The van der Waals surface area contributed by atoms with Crippen molar-refractivity contribution in [1.82, 2.24) is 9.97 Å². The minimum atomic E-state index is -1.36. The number of esters is 4. The van der Waals surface area contributed by atoms with Crippen LogP contribution in [0.1, 0.15) is 50.7 Å². The Labute approximate surface area is 245 Å². The second kappa shape index (κ2) is 13.9. The number of carbonyl (C=O) groups excluding carboxylic acids is 5. The Morgan fingerprint density at radius 1 is 0.829 bits per heavy atom. The molecule has 0 spiro atoms. The van der Waals surface area contributed by atoms with Crippen LogP contribution in [0, 0.1) is 6.92 Å². The molecule has 1 aliphatic heterocycles. The quantitative estimate of drug-likeness (QED) is 0.176. The predicted octanol–water partition coefficient (Wildman–Crippen LogP) is 3.48. The van der Waals surface area contributed by atoms with E-state index in [1.807, 2.05) is 0 Å². The number of rotatable bonds is 9. The predicted molar refractivity (Wildman–Crippen MR) is 145 cm³/mol. The van der Waals surface area contributed by atoms with Crippen LogP contribution in [-0.2, 0) is 42.9 Å². The number of hydrogen-bond donors (Lipinski definition) is 0. The summed E-state index contributed by atoms with van der Waals surface area (Å²) in [6.07, 6.45) is -5.13. The Kier molecular flexibility index (Phi) is 10.8. The first-order valence-corrected chi connectivity index (χ1v) is 13.6. The lowest BCUT2D eigenvalue weighted by Gasteiger charge is -2.44. The van der Waals surface area contributed by atoms with Gasteiger partial charge in [0.25, 0.3) is 0 Å². The minimum Gasteiger partial charge on any atom is -0.463 e. The molecule has 1 aromatic carbocycles. The van der Waals surface area contributed by atoms with Crippen LogP contribution in [0.4, 0.5) is 0 Å². The highest BCUT2D eigenvalue weighted by Crippen LogP contribution is 2.39. The molecule has 1 saturated heterocycles. The van der Waals surface area contributed by atoms with Crippen molar-refractivity contribution < 1.29 is 47.7 Å². The lowest BCUT2D eigenvalue weighted by atomic mass is 9.99. The van der Waals surface area contributed by atoms with Gasteiger partial charge in [0.2, 0.25) is 0 Å². The molecule has 1 aliphatic rings.